The number of para-hydroxylation sites is 1. The van der Waals surface area contributed by atoms with E-state index in [2.05, 4.69) is 10.6 Å². The van der Waals surface area contributed by atoms with Crippen molar-refractivity contribution in [1.82, 2.24) is 0 Å². The van der Waals surface area contributed by atoms with Gasteiger partial charge in [0, 0.05) is 11.8 Å². The number of anilines is 2. The van der Waals surface area contributed by atoms with Crippen molar-refractivity contribution in [2.75, 3.05) is 24.4 Å². The highest BCUT2D eigenvalue weighted by molar-refractivity contribution is 6.10. The van der Waals surface area contributed by atoms with Crippen molar-refractivity contribution >= 4 is 23.2 Å². The Hall–Kier alpha value is -3.80. The molecule has 3 rings (SSSR count). The normalized spacial score (nSPS) is 10.2. The van der Waals surface area contributed by atoms with Crippen molar-refractivity contribution in [2.45, 2.75) is 13.3 Å². The summed E-state index contributed by atoms with van der Waals surface area (Å²) in [4.78, 5) is 25.3. The molecule has 0 aliphatic carbocycles. The average molecular weight is 404 g/mol. The highest BCUT2D eigenvalue weighted by Crippen LogP contribution is 2.21. The van der Waals surface area contributed by atoms with Crippen molar-refractivity contribution in [2.24, 2.45) is 0 Å². The fourth-order valence-electron chi connectivity index (χ4n) is 2.94. The molecule has 0 spiro atoms. The number of carbonyl (C=O) groups excluding carboxylic acids is 2. The van der Waals surface area contributed by atoms with Crippen LogP contribution in [0.4, 0.5) is 11.4 Å². The predicted octanol–water partition coefficient (Wildman–Crippen LogP) is 4.53. The zero-order valence-electron chi connectivity index (χ0n) is 17.0. The Kier molecular flexibility index (Phi) is 7.05. The molecule has 6 nitrogen and oxygen atoms in total. The van der Waals surface area contributed by atoms with E-state index in [0.717, 1.165) is 11.3 Å². The first kappa shape index (κ1) is 20.9. The van der Waals surface area contributed by atoms with E-state index in [4.69, 9.17) is 9.47 Å². The molecule has 30 heavy (non-hydrogen) atoms. The van der Waals surface area contributed by atoms with Crippen LogP contribution in [0.2, 0.25) is 0 Å². The fraction of sp³-hybridized carbons (Fsp3) is 0.167. The highest BCUT2D eigenvalue weighted by Gasteiger charge is 2.14. The minimum Gasteiger partial charge on any atom is -0.497 e. The maximum absolute atomic E-state index is 12.8. The van der Waals surface area contributed by atoms with E-state index < -0.39 is 0 Å². The number of nitrogens with one attached hydrogen (secondary N) is 2. The van der Waals surface area contributed by atoms with Crippen molar-refractivity contribution in [3.63, 3.8) is 0 Å². The lowest BCUT2D eigenvalue weighted by Crippen LogP contribution is -2.19. The van der Waals surface area contributed by atoms with Crippen LogP contribution in [0.25, 0.3) is 0 Å². The van der Waals surface area contributed by atoms with E-state index in [0.29, 0.717) is 29.3 Å². The third kappa shape index (κ3) is 5.61. The molecule has 0 radical (unpaired) electrons. The van der Waals surface area contributed by atoms with Gasteiger partial charge in [0.15, 0.2) is 0 Å². The maximum Gasteiger partial charge on any atom is 0.257 e. The van der Waals surface area contributed by atoms with Gasteiger partial charge in [-0.2, -0.15) is 0 Å². The molecule has 0 aromatic heterocycles. The number of ether oxygens (including phenoxy) is 2. The SMILES string of the molecule is CCOc1ccc(CC(=O)Nc2ccccc2C(=O)Nc2cccc(OC)c2)cc1. The van der Waals surface area contributed by atoms with Gasteiger partial charge in [0.2, 0.25) is 5.91 Å². The molecule has 3 aromatic carbocycles. The van der Waals surface area contributed by atoms with Crippen LogP contribution in [0.15, 0.2) is 72.8 Å². The summed E-state index contributed by atoms with van der Waals surface area (Å²) in [5.41, 5.74) is 2.29. The monoisotopic (exact) mass is 404 g/mol. The first-order chi connectivity index (χ1) is 14.6. The van der Waals surface area contributed by atoms with E-state index in [1.54, 1.807) is 55.6 Å². The Morgan fingerprint density at radius 2 is 1.63 bits per heavy atom. The summed E-state index contributed by atoms with van der Waals surface area (Å²) in [6, 6.07) is 21.4. The fourth-order valence-corrected chi connectivity index (χ4v) is 2.94. The Morgan fingerprint density at radius 1 is 0.867 bits per heavy atom. The van der Waals surface area contributed by atoms with Crippen LogP contribution in [0.3, 0.4) is 0 Å². The number of carbonyl (C=O) groups is 2. The molecule has 2 amide bonds. The van der Waals surface area contributed by atoms with Gasteiger partial charge in [0.25, 0.3) is 5.91 Å². The summed E-state index contributed by atoms with van der Waals surface area (Å²) in [7, 11) is 1.57. The number of hydrogen-bond acceptors (Lipinski definition) is 4. The first-order valence-corrected chi connectivity index (χ1v) is 9.65. The molecule has 0 saturated carbocycles. The molecule has 0 saturated heterocycles. The third-order valence-electron chi connectivity index (χ3n) is 4.37. The van der Waals surface area contributed by atoms with Crippen LogP contribution in [0.5, 0.6) is 11.5 Å². The maximum atomic E-state index is 12.8. The molecule has 0 fully saturated rings. The lowest BCUT2D eigenvalue weighted by molar-refractivity contribution is -0.115. The molecule has 154 valence electrons. The topological polar surface area (TPSA) is 76.7 Å². The van der Waals surface area contributed by atoms with Gasteiger partial charge in [-0.25, -0.2) is 0 Å². The summed E-state index contributed by atoms with van der Waals surface area (Å²) in [5, 5.41) is 5.66. The van der Waals surface area contributed by atoms with E-state index >= 15 is 0 Å². The van der Waals surface area contributed by atoms with E-state index in [1.165, 1.54) is 0 Å². The van der Waals surface area contributed by atoms with Crippen LogP contribution in [0.1, 0.15) is 22.8 Å². The smallest absolute Gasteiger partial charge is 0.257 e. The van der Waals surface area contributed by atoms with Crippen LogP contribution in [-0.2, 0) is 11.2 Å². The van der Waals surface area contributed by atoms with Crippen molar-refractivity contribution < 1.29 is 19.1 Å². The Morgan fingerprint density at radius 3 is 2.37 bits per heavy atom. The lowest BCUT2D eigenvalue weighted by Gasteiger charge is -2.12. The van der Waals surface area contributed by atoms with Gasteiger partial charge in [-0.3, -0.25) is 9.59 Å². The molecule has 0 aliphatic rings. The second-order valence-corrected chi connectivity index (χ2v) is 6.53. The summed E-state index contributed by atoms with van der Waals surface area (Å²) in [6.07, 6.45) is 0.193. The van der Waals surface area contributed by atoms with E-state index in [1.807, 2.05) is 31.2 Å². The molecule has 0 atom stereocenters. The molecular weight excluding hydrogens is 380 g/mol. The summed E-state index contributed by atoms with van der Waals surface area (Å²) in [5.74, 6) is 0.881. The molecule has 2 N–H and O–H groups in total. The van der Waals surface area contributed by atoms with Crippen LogP contribution >= 0.6 is 0 Å². The summed E-state index contributed by atoms with van der Waals surface area (Å²) in [6.45, 7) is 2.51. The number of hydrogen-bond donors (Lipinski definition) is 2. The standard InChI is InChI=1S/C24H24N2O4/c1-3-30-19-13-11-17(12-14-19)15-23(27)26-22-10-5-4-9-21(22)24(28)25-18-7-6-8-20(16-18)29-2/h4-14,16H,3,15H2,1-2H3,(H,25,28)(H,26,27). The van der Waals surface area contributed by atoms with Crippen molar-refractivity contribution in [3.05, 3.63) is 83.9 Å². The largest absolute Gasteiger partial charge is 0.497 e. The molecule has 0 unspecified atom stereocenters. The van der Waals surface area contributed by atoms with Gasteiger partial charge in [0.1, 0.15) is 11.5 Å². The summed E-state index contributed by atoms with van der Waals surface area (Å²) >= 11 is 0. The van der Waals surface area contributed by atoms with Gasteiger partial charge in [-0.05, 0) is 48.9 Å². The minimum absolute atomic E-state index is 0.193. The number of rotatable bonds is 8. The van der Waals surface area contributed by atoms with Gasteiger partial charge >= 0.3 is 0 Å². The molecule has 0 heterocycles. The average Bonchev–Trinajstić information content (AvgIpc) is 2.75. The van der Waals surface area contributed by atoms with Crippen LogP contribution in [0, 0.1) is 0 Å². The first-order valence-electron chi connectivity index (χ1n) is 9.65. The van der Waals surface area contributed by atoms with Gasteiger partial charge in [-0.1, -0.05) is 30.3 Å². The van der Waals surface area contributed by atoms with E-state index in [9.17, 15) is 9.59 Å². The molecule has 3 aromatic rings. The Bertz CT molecular complexity index is 1020. The number of methoxy groups -OCH3 is 1. The van der Waals surface area contributed by atoms with E-state index in [-0.39, 0.29) is 18.2 Å². The second-order valence-electron chi connectivity index (χ2n) is 6.53. The molecule has 0 aliphatic heterocycles. The lowest BCUT2D eigenvalue weighted by atomic mass is 10.1. The van der Waals surface area contributed by atoms with Gasteiger partial charge in [-0.15, -0.1) is 0 Å². The van der Waals surface area contributed by atoms with Gasteiger partial charge in [0.05, 0.1) is 31.4 Å². The minimum atomic E-state index is -0.319. The number of amides is 2. The highest BCUT2D eigenvalue weighted by atomic mass is 16.5. The third-order valence-corrected chi connectivity index (χ3v) is 4.37. The second kappa shape index (κ2) is 10.1. The Labute approximate surface area is 175 Å². The molecule has 6 heteroatoms. The van der Waals surface area contributed by atoms with Crippen LogP contribution < -0.4 is 20.1 Å². The van der Waals surface area contributed by atoms with Gasteiger partial charge < -0.3 is 20.1 Å². The molecule has 0 bridgehead atoms. The number of benzene rings is 3. The summed E-state index contributed by atoms with van der Waals surface area (Å²) < 4.78 is 10.6. The predicted molar refractivity (Wildman–Crippen MR) is 117 cm³/mol. The zero-order chi connectivity index (χ0) is 21.3. The van der Waals surface area contributed by atoms with Crippen molar-refractivity contribution in [3.8, 4) is 11.5 Å². The zero-order valence-corrected chi connectivity index (χ0v) is 17.0. The quantitative estimate of drug-likeness (QED) is 0.578. The molecular formula is C24H24N2O4. The van der Waals surface area contributed by atoms with Crippen LogP contribution in [-0.4, -0.2) is 25.5 Å². The Balaban J connectivity index is 1.68. The van der Waals surface area contributed by atoms with Crippen molar-refractivity contribution in [1.29, 1.82) is 0 Å².